The Morgan fingerprint density at radius 3 is 2.70 bits per heavy atom. The molecule has 2 N–H and O–H groups in total. The van der Waals surface area contributed by atoms with Crippen molar-refractivity contribution in [1.29, 1.82) is 0 Å². The molecule has 106 valence electrons. The Morgan fingerprint density at radius 2 is 2.00 bits per heavy atom. The zero-order valence-corrected chi connectivity index (χ0v) is 11.1. The number of rotatable bonds is 1. The zero-order chi connectivity index (χ0) is 14.5. The minimum Gasteiger partial charge on any atom is -0.504 e. The van der Waals surface area contributed by atoms with Crippen LogP contribution in [0.4, 0.5) is 0 Å². The van der Waals surface area contributed by atoms with Gasteiger partial charge in [0.2, 0.25) is 0 Å². The third kappa shape index (κ3) is 1.85. The lowest BCUT2D eigenvalue weighted by Gasteiger charge is -2.32. The van der Waals surface area contributed by atoms with Gasteiger partial charge in [0, 0.05) is 13.2 Å². The first-order valence-electron chi connectivity index (χ1n) is 6.13. The number of aromatic hydroxyl groups is 2. The third-order valence-electron chi connectivity index (χ3n) is 3.60. The maximum absolute atomic E-state index is 12.4. The van der Waals surface area contributed by atoms with Crippen molar-refractivity contribution in [2.75, 3.05) is 7.11 Å². The molecule has 1 aromatic heterocycles. The maximum atomic E-state index is 12.4. The highest BCUT2D eigenvalue weighted by Crippen LogP contribution is 2.33. The molecule has 6 nitrogen and oxygen atoms in total. The van der Waals surface area contributed by atoms with Crippen LogP contribution >= 0.6 is 0 Å². The van der Waals surface area contributed by atoms with Crippen LogP contribution in [-0.2, 0) is 22.5 Å². The molecule has 1 aliphatic heterocycles. The summed E-state index contributed by atoms with van der Waals surface area (Å²) in [6.07, 6.45) is 0.297. The third-order valence-corrected chi connectivity index (χ3v) is 3.60. The van der Waals surface area contributed by atoms with Gasteiger partial charge in [-0.2, -0.15) is 0 Å². The van der Waals surface area contributed by atoms with Gasteiger partial charge < -0.3 is 24.1 Å². The molecule has 0 radical (unpaired) electrons. The van der Waals surface area contributed by atoms with Crippen molar-refractivity contribution in [3.05, 3.63) is 33.7 Å². The van der Waals surface area contributed by atoms with Gasteiger partial charge in [0.05, 0.1) is 24.0 Å². The molecule has 0 fully saturated rings. The normalized spacial score (nSPS) is 21.9. The Morgan fingerprint density at radius 1 is 1.30 bits per heavy atom. The Labute approximate surface area is 114 Å². The Kier molecular flexibility index (Phi) is 2.74. The smallest absolute Gasteiger partial charge is 0.198 e. The Hall–Kier alpha value is -2.05. The second-order valence-corrected chi connectivity index (χ2v) is 4.97. The molecule has 1 atom stereocenters. The number of methoxy groups -OCH3 is 1. The molecule has 0 bridgehead atoms. The van der Waals surface area contributed by atoms with Crippen LogP contribution in [0.15, 0.2) is 21.3 Å². The highest BCUT2D eigenvalue weighted by Gasteiger charge is 2.34. The summed E-state index contributed by atoms with van der Waals surface area (Å²) < 4.78 is 16.5. The van der Waals surface area contributed by atoms with Gasteiger partial charge >= 0.3 is 0 Å². The predicted molar refractivity (Wildman–Crippen MR) is 69.7 cm³/mol. The molecule has 2 aromatic rings. The van der Waals surface area contributed by atoms with Gasteiger partial charge in [0.25, 0.3) is 0 Å². The van der Waals surface area contributed by atoms with E-state index in [0.29, 0.717) is 17.7 Å². The minimum atomic E-state index is -0.838. The van der Waals surface area contributed by atoms with Crippen LogP contribution in [0.5, 0.6) is 11.5 Å². The van der Waals surface area contributed by atoms with Crippen molar-refractivity contribution in [3.63, 3.8) is 0 Å². The Balaban J connectivity index is 2.25. The first kappa shape index (κ1) is 13.0. The van der Waals surface area contributed by atoms with Crippen molar-refractivity contribution in [2.45, 2.75) is 25.7 Å². The summed E-state index contributed by atoms with van der Waals surface area (Å²) in [6.45, 7) is 1.84. The van der Waals surface area contributed by atoms with E-state index in [4.69, 9.17) is 13.9 Å². The molecular weight excluding hydrogens is 264 g/mol. The van der Waals surface area contributed by atoms with Gasteiger partial charge in [-0.15, -0.1) is 0 Å². The summed E-state index contributed by atoms with van der Waals surface area (Å²) in [5, 5.41) is 19.2. The quantitative estimate of drug-likeness (QED) is 0.771. The van der Waals surface area contributed by atoms with Gasteiger partial charge in [-0.25, -0.2) is 0 Å². The lowest BCUT2D eigenvalue weighted by atomic mass is 10.0. The highest BCUT2D eigenvalue weighted by molar-refractivity contribution is 5.81. The van der Waals surface area contributed by atoms with Crippen LogP contribution < -0.4 is 5.43 Å². The molecule has 3 rings (SSSR count). The predicted octanol–water partition coefficient (Wildman–Crippen LogP) is 1.64. The van der Waals surface area contributed by atoms with Crippen LogP contribution in [0.25, 0.3) is 11.0 Å². The number of ether oxygens (including phenoxy) is 2. The molecule has 0 unspecified atom stereocenters. The van der Waals surface area contributed by atoms with Gasteiger partial charge in [-0.05, 0) is 13.0 Å². The number of benzene rings is 1. The first-order chi connectivity index (χ1) is 9.43. The van der Waals surface area contributed by atoms with E-state index in [-0.39, 0.29) is 34.5 Å². The molecule has 0 saturated heterocycles. The minimum absolute atomic E-state index is 0.0829. The topological polar surface area (TPSA) is 89.1 Å². The molecule has 0 saturated carbocycles. The van der Waals surface area contributed by atoms with Crippen molar-refractivity contribution in [2.24, 2.45) is 0 Å². The standard InChI is InChI=1S/C14H14O6/c1-14(18-2)5-12-8(6-19-14)13(17)7-3-9(15)10(16)4-11(7)20-12/h3-4,15-16H,5-6H2,1-2H3/t14-/m1/s1. The van der Waals surface area contributed by atoms with E-state index in [9.17, 15) is 15.0 Å². The van der Waals surface area contributed by atoms with Crippen molar-refractivity contribution in [3.8, 4) is 11.5 Å². The summed E-state index contributed by atoms with van der Waals surface area (Å²) in [7, 11) is 1.52. The Bertz CT molecular complexity index is 747. The van der Waals surface area contributed by atoms with E-state index in [1.165, 1.54) is 19.2 Å². The zero-order valence-electron chi connectivity index (χ0n) is 11.1. The van der Waals surface area contributed by atoms with Crippen LogP contribution in [0.1, 0.15) is 18.2 Å². The molecule has 0 amide bonds. The highest BCUT2D eigenvalue weighted by atomic mass is 16.7. The largest absolute Gasteiger partial charge is 0.504 e. The maximum Gasteiger partial charge on any atom is 0.198 e. The molecular formula is C14H14O6. The van der Waals surface area contributed by atoms with Crippen LogP contribution in [0.2, 0.25) is 0 Å². The monoisotopic (exact) mass is 278 g/mol. The summed E-state index contributed by atoms with van der Waals surface area (Å²) in [4.78, 5) is 12.4. The average molecular weight is 278 g/mol. The number of hydrogen-bond donors (Lipinski definition) is 2. The summed E-state index contributed by atoms with van der Waals surface area (Å²) in [6, 6.07) is 2.42. The van der Waals surface area contributed by atoms with E-state index in [1.54, 1.807) is 6.92 Å². The van der Waals surface area contributed by atoms with Gasteiger partial charge in [-0.3, -0.25) is 4.79 Å². The molecule has 6 heteroatoms. The molecule has 1 aromatic carbocycles. The van der Waals surface area contributed by atoms with Crippen LogP contribution in [-0.4, -0.2) is 23.1 Å². The van der Waals surface area contributed by atoms with E-state index in [0.717, 1.165) is 0 Å². The molecule has 1 aliphatic rings. The average Bonchev–Trinajstić information content (AvgIpc) is 2.41. The first-order valence-corrected chi connectivity index (χ1v) is 6.13. The SMILES string of the molecule is CO[C@@]1(C)Cc2oc3cc(O)c(O)cc3c(=O)c2CO1. The summed E-state index contributed by atoms with van der Waals surface area (Å²) in [5.41, 5.74) is 0.372. The van der Waals surface area contributed by atoms with E-state index >= 15 is 0 Å². The lowest BCUT2D eigenvalue weighted by Crippen LogP contribution is -2.39. The van der Waals surface area contributed by atoms with Gasteiger partial charge in [-0.1, -0.05) is 0 Å². The number of phenolic OH excluding ortho intramolecular Hbond substituents is 2. The molecule has 0 spiro atoms. The van der Waals surface area contributed by atoms with Crippen molar-refractivity contribution >= 4 is 11.0 Å². The molecule has 20 heavy (non-hydrogen) atoms. The fourth-order valence-electron chi connectivity index (χ4n) is 2.29. The number of hydrogen-bond acceptors (Lipinski definition) is 6. The number of fused-ring (bicyclic) bond motifs is 2. The lowest BCUT2D eigenvalue weighted by molar-refractivity contribution is -0.225. The number of phenols is 2. The molecule has 2 heterocycles. The fourth-order valence-corrected chi connectivity index (χ4v) is 2.29. The van der Waals surface area contributed by atoms with Crippen LogP contribution in [0, 0.1) is 0 Å². The van der Waals surface area contributed by atoms with E-state index < -0.39 is 5.79 Å². The van der Waals surface area contributed by atoms with Crippen molar-refractivity contribution in [1.82, 2.24) is 0 Å². The second-order valence-electron chi connectivity index (χ2n) is 4.97. The fraction of sp³-hybridized carbons (Fsp3) is 0.357. The van der Waals surface area contributed by atoms with Crippen molar-refractivity contribution < 1.29 is 24.1 Å². The second kappa shape index (κ2) is 4.22. The summed E-state index contributed by atoms with van der Waals surface area (Å²) in [5.74, 6) is -1.05. The molecule has 0 aliphatic carbocycles. The van der Waals surface area contributed by atoms with Gasteiger partial charge in [0.1, 0.15) is 11.3 Å². The summed E-state index contributed by atoms with van der Waals surface area (Å²) >= 11 is 0. The van der Waals surface area contributed by atoms with E-state index in [2.05, 4.69) is 0 Å². The van der Waals surface area contributed by atoms with Gasteiger partial charge in [0.15, 0.2) is 22.7 Å². The van der Waals surface area contributed by atoms with Crippen LogP contribution in [0.3, 0.4) is 0 Å². The van der Waals surface area contributed by atoms with E-state index in [1.807, 2.05) is 0 Å².